The van der Waals surface area contributed by atoms with Gasteiger partial charge in [0.1, 0.15) is 11.4 Å². The molecule has 11 heteroatoms. The molecule has 4 amide bonds. The standard InChI is InChI=1S/C24H31N7O3S/c32-20(28-31-21(33)24(25-22(31)34)11-5-2-6-12-24)17-35-23-27-26-19(16-29-13-7-8-14-29)30(23)15-18-9-3-1-4-10-18/h1,3-4,9-10H,2,5-8,11-17H2,(H,25,34)(H,28,32). The van der Waals surface area contributed by atoms with Gasteiger partial charge in [-0.3, -0.25) is 19.9 Å². The third kappa shape index (κ3) is 5.20. The highest BCUT2D eigenvalue weighted by molar-refractivity contribution is 7.99. The van der Waals surface area contributed by atoms with E-state index in [0.29, 0.717) is 24.5 Å². The van der Waals surface area contributed by atoms with Crippen LogP contribution in [0.5, 0.6) is 0 Å². The van der Waals surface area contributed by atoms with E-state index < -0.39 is 17.5 Å². The van der Waals surface area contributed by atoms with Crippen LogP contribution < -0.4 is 10.7 Å². The number of imide groups is 1. The Labute approximate surface area is 208 Å². The highest BCUT2D eigenvalue weighted by Gasteiger charge is 2.52. The first kappa shape index (κ1) is 23.8. The number of benzene rings is 1. The van der Waals surface area contributed by atoms with Crippen LogP contribution in [-0.2, 0) is 22.7 Å². The molecule has 186 valence electrons. The first-order valence-electron chi connectivity index (χ1n) is 12.3. The molecule has 1 aromatic heterocycles. The van der Waals surface area contributed by atoms with E-state index in [-0.39, 0.29) is 11.7 Å². The Kier molecular flexibility index (Phi) is 7.05. The van der Waals surface area contributed by atoms with Crippen molar-refractivity contribution < 1.29 is 14.4 Å². The van der Waals surface area contributed by atoms with Gasteiger partial charge in [0.15, 0.2) is 5.16 Å². The first-order valence-corrected chi connectivity index (χ1v) is 13.3. The van der Waals surface area contributed by atoms with E-state index in [1.54, 1.807) is 0 Å². The number of carbonyl (C=O) groups excluding carboxylic acids is 3. The summed E-state index contributed by atoms with van der Waals surface area (Å²) in [5.41, 5.74) is 2.76. The van der Waals surface area contributed by atoms with Crippen molar-refractivity contribution in [1.82, 2.24) is 35.4 Å². The fourth-order valence-electron chi connectivity index (χ4n) is 5.11. The second kappa shape index (κ2) is 10.4. The molecular formula is C24H31N7O3S. The van der Waals surface area contributed by atoms with Crippen LogP contribution in [0.1, 0.15) is 56.3 Å². The maximum Gasteiger partial charge on any atom is 0.344 e. The minimum absolute atomic E-state index is 0.0146. The van der Waals surface area contributed by atoms with Gasteiger partial charge in [0, 0.05) is 0 Å². The number of aromatic nitrogens is 3. The van der Waals surface area contributed by atoms with Crippen molar-refractivity contribution in [2.75, 3.05) is 18.8 Å². The van der Waals surface area contributed by atoms with Gasteiger partial charge in [0.25, 0.3) is 5.91 Å². The lowest BCUT2D eigenvalue weighted by molar-refractivity contribution is -0.139. The van der Waals surface area contributed by atoms with Crippen molar-refractivity contribution in [3.05, 3.63) is 41.7 Å². The number of hydrogen-bond acceptors (Lipinski definition) is 7. The zero-order valence-corrected chi connectivity index (χ0v) is 20.6. The monoisotopic (exact) mass is 497 g/mol. The quantitative estimate of drug-likeness (QED) is 0.425. The molecule has 1 saturated carbocycles. The largest absolute Gasteiger partial charge is 0.344 e. The lowest BCUT2D eigenvalue weighted by atomic mass is 9.82. The Balaban J connectivity index is 1.24. The molecule has 1 aliphatic carbocycles. The molecule has 0 bridgehead atoms. The van der Waals surface area contributed by atoms with Crippen LogP contribution in [0.25, 0.3) is 0 Å². The normalized spacial score (nSPS) is 19.9. The summed E-state index contributed by atoms with van der Waals surface area (Å²) in [4.78, 5) is 40.4. The van der Waals surface area contributed by atoms with E-state index in [4.69, 9.17) is 0 Å². The topological polar surface area (TPSA) is 112 Å². The van der Waals surface area contributed by atoms with E-state index in [0.717, 1.165) is 55.3 Å². The summed E-state index contributed by atoms with van der Waals surface area (Å²) >= 11 is 1.26. The summed E-state index contributed by atoms with van der Waals surface area (Å²) in [6, 6.07) is 9.53. The van der Waals surface area contributed by atoms with Crippen LogP contribution in [0.2, 0.25) is 0 Å². The number of amides is 4. The van der Waals surface area contributed by atoms with Gasteiger partial charge in [-0.05, 0) is 44.3 Å². The average molecular weight is 498 g/mol. The van der Waals surface area contributed by atoms with Crippen LogP contribution >= 0.6 is 11.8 Å². The number of thioether (sulfide) groups is 1. The second-order valence-electron chi connectivity index (χ2n) is 9.49. The number of likely N-dealkylation sites (tertiary alicyclic amines) is 1. The third-order valence-corrected chi connectivity index (χ3v) is 7.95. The molecule has 2 aromatic rings. The molecule has 3 aliphatic rings. The number of urea groups is 1. The van der Waals surface area contributed by atoms with E-state index in [9.17, 15) is 14.4 Å². The molecule has 1 spiro atoms. The van der Waals surface area contributed by atoms with Crippen LogP contribution in [0.4, 0.5) is 4.79 Å². The maximum absolute atomic E-state index is 12.9. The second-order valence-corrected chi connectivity index (χ2v) is 10.4. The molecule has 2 saturated heterocycles. The SMILES string of the molecule is O=C(CSc1nnc(CN2CCCC2)n1Cc1ccccc1)NN1C(=O)NC2(CCCCC2)C1=O. The van der Waals surface area contributed by atoms with Gasteiger partial charge in [-0.1, -0.05) is 61.4 Å². The average Bonchev–Trinajstić information content (AvgIpc) is 3.57. The van der Waals surface area contributed by atoms with E-state index in [2.05, 4.69) is 42.5 Å². The number of carbonyl (C=O) groups is 3. The molecule has 10 nitrogen and oxygen atoms in total. The van der Waals surface area contributed by atoms with Crippen LogP contribution in [-0.4, -0.2) is 66.9 Å². The van der Waals surface area contributed by atoms with E-state index in [1.165, 1.54) is 24.6 Å². The number of hydrazine groups is 1. The number of hydrogen-bond donors (Lipinski definition) is 2. The van der Waals surface area contributed by atoms with Gasteiger partial charge >= 0.3 is 6.03 Å². The summed E-state index contributed by atoms with van der Waals surface area (Å²) in [6.45, 7) is 3.43. The summed E-state index contributed by atoms with van der Waals surface area (Å²) in [5.74, 6) is 0.0927. The molecule has 0 unspecified atom stereocenters. The zero-order valence-electron chi connectivity index (χ0n) is 19.7. The molecule has 35 heavy (non-hydrogen) atoms. The van der Waals surface area contributed by atoms with Crippen LogP contribution in [0.3, 0.4) is 0 Å². The third-order valence-electron chi connectivity index (χ3n) is 6.98. The van der Waals surface area contributed by atoms with Crippen molar-refractivity contribution in [2.45, 2.75) is 68.7 Å². The lowest BCUT2D eigenvalue weighted by Crippen LogP contribution is -2.51. The molecular weight excluding hydrogens is 466 g/mol. The molecule has 1 aromatic carbocycles. The minimum atomic E-state index is -0.865. The molecule has 3 fully saturated rings. The smallest absolute Gasteiger partial charge is 0.322 e. The summed E-state index contributed by atoms with van der Waals surface area (Å²) in [5, 5.41) is 13.1. The predicted molar refractivity (Wildman–Crippen MR) is 130 cm³/mol. The Morgan fingerprint density at radius 2 is 1.74 bits per heavy atom. The lowest BCUT2D eigenvalue weighted by Gasteiger charge is -2.30. The predicted octanol–water partition coefficient (Wildman–Crippen LogP) is 2.30. The number of rotatable bonds is 8. The minimum Gasteiger partial charge on any atom is -0.322 e. The summed E-state index contributed by atoms with van der Waals surface area (Å²) in [6.07, 6.45) is 6.44. The number of nitrogens with zero attached hydrogens (tertiary/aromatic N) is 5. The van der Waals surface area contributed by atoms with Crippen molar-refractivity contribution >= 4 is 29.6 Å². The van der Waals surface area contributed by atoms with Crippen molar-refractivity contribution in [3.8, 4) is 0 Å². The maximum atomic E-state index is 12.9. The fraction of sp³-hybridized carbons (Fsp3) is 0.542. The van der Waals surface area contributed by atoms with Crippen molar-refractivity contribution in [2.24, 2.45) is 0 Å². The Morgan fingerprint density at radius 3 is 2.49 bits per heavy atom. The number of nitrogens with one attached hydrogen (secondary N) is 2. The zero-order chi connectivity index (χ0) is 24.3. The van der Waals surface area contributed by atoms with Gasteiger partial charge in [-0.2, -0.15) is 5.01 Å². The first-order chi connectivity index (χ1) is 17.0. The van der Waals surface area contributed by atoms with Gasteiger partial charge in [0.2, 0.25) is 5.91 Å². The summed E-state index contributed by atoms with van der Waals surface area (Å²) in [7, 11) is 0. The fourth-order valence-corrected chi connectivity index (χ4v) is 5.86. The molecule has 3 heterocycles. The Bertz CT molecular complexity index is 1080. The van der Waals surface area contributed by atoms with Gasteiger partial charge in [0.05, 0.1) is 18.8 Å². The Morgan fingerprint density at radius 1 is 1.00 bits per heavy atom. The van der Waals surface area contributed by atoms with E-state index in [1.807, 2.05) is 18.2 Å². The molecule has 5 rings (SSSR count). The molecule has 2 N–H and O–H groups in total. The van der Waals surface area contributed by atoms with Crippen LogP contribution in [0.15, 0.2) is 35.5 Å². The van der Waals surface area contributed by atoms with Crippen molar-refractivity contribution in [1.29, 1.82) is 0 Å². The highest BCUT2D eigenvalue weighted by atomic mass is 32.2. The summed E-state index contributed by atoms with van der Waals surface area (Å²) < 4.78 is 2.05. The Hall–Kier alpha value is -2.92. The van der Waals surface area contributed by atoms with E-state index >= 15 is 0 Å². The molecule has 0 radical (unpaired) electrons. The highest BCUT2D eigenvalue weighted by Crippen LogP contribution is 2.33. The molecule has 2 aliphatic heterocycles. The van der Waals surface area contributed by atoms with Gasteiger partial charge < -0.3 is 9.88 Å². The molecule has 0 atom stereocenters. The van der Waals surface area contributed by atoms with Gasteiger partial charge in [-0.25, -0.2) is 4.79 Å². The van der Waals surface area contributed by atoms with Crippen LogP contribution in [0, 0.1) is 0 Å². The van der Waals surface area contributed by atoms with Gasteiger partial charge in [-0.15, -0.1) is 10.2 Å². The van der Waals surface area contributed by atoms with Crippen molar-refractivity contribution in [3.63, 3.8) is 0 Å².